The highest BCUT2D eigenvalue weighted by Crippen LogP contribution is 2.24. The van der Waals surface area contributed by atoms with Gasteiger partial charge in [0.2, 0.25) is 0 Å². The number of hydrogen-bond donors (Lipinski definition) is 1. The van der Waals surface area contributed by atoms with Crippen LogP contribution in [0.1, 0.15) is 25.3 Å². The van der Waals surface area contributed by atoms with E-state index in [4.69, 9.17) is 4.74 Å². The SMILES string of the molecule is CCOc1cccc(-c2cncc(CNC3CC3)c2)c1. The minimum absolute atomic E-state index is 0.688. The molecule has 1 heterocycles. The first-order valence-electron chi connectivity index (χ1n) is 7.25. The van der Waals surface area contributed by atoms with E-state index in [2.05, 4.69) is 28.5 Å². The standard InChI is InChI=1S/C17H20N2O/c1-2-20-17-5-3-4-14(9-17)15-8-13(10-18-12-15)11-19-16-6-7-16/h3-5,8-10,12,16,19H,2,6-7,11H2,1H3. The third kappa shape index (κ3) is 3.36. The normalized spacial score (nSPS) is 14.2. The zero-order chi connectivity index (χ0) is 13.8. The van der Waals surface area contributed by atoms with Crippen molar-refractivity contribution >= 4 is 0 Å². The molecule has 104 valence electrons. The predicted molar refractivity (Wildman–Crippen MR) is 80.7 cm³/mol. The van der Waals surface area contributed by atoms with Crippen LogP contribution >= 0.6 is 0 Å². The molecule has 0 spiro atoms. The van der Waals surface area contributed by atoms with Gasteiger partial charge in [-0.25, -0.2) is 0 Å². The zero-order valence-corrected chi connectivity index (χ0v) is 11.8. The van der Waals surface area contributed by atoms with Gasteiger partial charge in [-0.3, -0.25) is 4.98 Å². The van der Waals surface area contributed by atoms with Crippen molar-refractivity contribution in [1.29, 1.82) is 0 Å². The Bertz CT molecular complexity index is 579. The Kier molecular flexibility index (Phi) is 3.97. The van der Waals surface area contributed by atoms with Crippen molar-refractivity contribution in [2.75, 3.05) is 6.61 Å². The Morgan fingerprint density at radius 3 is 2.90 bits per heavy atom. The maximum atomic E-state index is 5.55. The molecule has 20 heavy (non-hydrogen) atoms. The van der Waals surface area contributed by atoms with E-state index in [1.165, 1.54) is 18.4 Å². The molecule has 1 saturated carbocycles. The van der Waals surface area contributed by atoms with Crippen LogP contribution in [0.2, 0.25) is 0 Å². The van der Waals surface area contributed by atoms with Gasteiger partial charge in [0.05, 0.1) is 6.61 Å². The van der Waals surface area contributed by atoms with E-state index in [0.717, 1.165) is 29.5 Å². The second-order valence-electron chi connectivity index (χ2n) is 5.20. The minimum Gasteiger partial charge on any atom is -0.494 e. The van der Waals surface area contributed by atoms with Crippen molar-refractivity contribution in [2.45, 2.75) is 32.4 Å². The van der Waals surface area contributed by atoms with Gasteiger partial charge in [0.15, 0.2) is 0 Å². The molecule has 3 rings (SSSR count). The number of benzene rings is 1. The van der Waals surface area contributed by atoms with E-state index in [1.54, 1.807) is 0 Å². The van der Waals surface area contributed by atoms with Crippen LogP contribution in [0.3, 0.4) is 0 Å². The van der Waals surface area contributed by atoms with Gasteiger partial charge < -0.3 is 10.1 Å². The molecule has 1 aromatic carbocycles. The Morgan fingerprint density at radius 1 is 1.20 bits per heavy atom. The van der Waals surface area contributed by atoms with E-state index in [9.17, 15) is 0 Å². The smallest absolute Gasteiger partial charge is 0.119 e. The second-order valence-corrected chi connectivity index (χ2v) is 5.20. The van der Waals surface area contributed by atoms with Gasteiger partial charge >= 0.3 is 0 Å². The molecule has 0 unspecified atom stereocenters. The Balaban J connectivity index is 1.77. The third-order valence-corrected chi connectivity index (χ3v) is 3.45. The summed E-state index contributed by atoms with van der Waals surface area (Å²) in [7, 11) is 0. The Morgan fingerprint density at radius 2 is 2.10 bits per heavy atom. The number of aromatic nitrogens is 1. The molecule has 1 aliphatic rings. The predicted octanol–water partition coefficient (Wildman–Crippen LogP) is 3.40. The van der Waals surface area contributed by atoms with E-state index in [1.807, 2.05) is 31.5 Å². The number of pyridine rings is 1. The monoisotopic (exact) mass is 268 g/mol. The second kappa shape index (κ2) is 6.06. The number of rotatable bonds is 6. The molecule has 1 fully saturated rings. The quantitative estimate of drug-likeness (QED) is 0.872. The lowest BCUT2D eigenvalue weighted by Gasteiger charge is -2.08. The van der Waals surface area contributed by atoms with Gasteiger partial charge in [-0.05, 0) is 49.1 Å². The summed E-state index contributed by atoms with van der Waals surface area (Å²) in [6.45, 7) is 3.59. The van der Waals surface area contributed by atoms with Gasteiger partial charge in [0.25, 0.3) is 0 Å². The third-order valence-electron chi connectivity index (χ3n) is 3.45. The summed E-state index contributed by atoms with van der Waals surface area (Å²) in [6.07, 6.45) is 6.46. The minimum atomic E-state index is 0.688. The molecule has 0 atom stereocenters. The van der Waals surface area contributed by atoms with E-state index < -0.39 is 0 Å². The summed E-state index contributed by atoms with van der Waals surface area (Å²) >= 11 is 0. The molecule has 0 aliphatic heterocycles. The lowest BCUT2D eigenvalue weighted by molar-refractivity contribution is 0.340. The summed E-state index contributed by atoms with van der Waals surface area (Å²) in [4.78, 5) is 4.35. The number of nitrogens with zero attached hydrogens (tertiary/aromatic N) is 1. The molecule has 1 N–H and O–H groups in total. The van der Waals surface area contributed by atoms with Crippen LogP contribution in [0.15, 0.2) is 42.7 Å². The number of ether oxygens (including phenoxy) is 1. The molecular weight excluding hydrogens is 248 g/mol. The first kappa shape index (κ1) is 13.1. The molecule has 0 bridgehead atoms. The summed E-state index contributed by atoms with van der Waals surface area (Å²) in [6, 6.07) is 11.1. The maximum absolute atomic E-state index is 5.55. The van der Waals surface area contributed by atoms with Gasteiger partial charge in [-0.15, -0.1) is 0 Å². The Labute approximate surface area is 120 Å². The fraction of sp³-hybridized carbons (Fsp3) is 0.353. The lowest BCUT2D eigenvalue weighted by Crippen LogP contribution is -2.15. The number of nitrogens with one attached hydrogen (secondary N) is 1. The van der Waals surface area contributed by atoms with Crippen LogP contribution in [-0.2, 0) is 6.54 Å². The average Bonchev–Trinajstić information content (AvgIpc) is 3.30. The summed E-state index contributed by atoms with van der Waals surface area (Å²) in [5.41, 5.74) is 3.52. The fourth-order valence-corrected chi connectivity index (χ4v) is 2.22. The number of hydrogen-bond acceptors (Lipinski definition) is 3. The summed E-state index contributed by atoms with van der Waals surface area (Å²) in [5.74, 6) is 0.909. The van der Waals surface area contributed by atoms with Gasteiger partial charge in [0, 0.05) is 30.5 Å². The zero-order valence-electron chi connectivity index (χ0n) is 11.8. The first-order valence-corrected chi connectivity index (χ1v) is 7.25. The lowest BCUT2D eigenvalue weighted by atomic mass is 10.1. The molecule has 3 heteroatoms. The van der Waals surface area contributed by atoms with Gasteiger partial charge in [-0.1, -0.05) is 12.1 Å². The van der Waals surface area contributed by atoms with Crippen LogP contribution < -0.4 is 10.1 Å². The van der Waals surface area contributed by atoms with Crippen LogP contribution in [0.5, 0.6) is 5.75 Å². The molecule has 0 saturated heterocycles. The summed E-state index contributed by atoms with van der Waals surface area (Å²) < 4.78 is 5.55. The van der Waals surface area contributed by atoms with Crippen molar-refractivity contribution in [3.63, 3.8) is 0 Å². The topological polar surface area (TPSA) is 34.1 Å². The van der Waals surface area contributed by atoms with Crippen LogP contribution in [-0.4, -0.2) is 17.6 Å². The Hall–Kier alpha value is -1.87. The molecule has 1 aliphatic carbocycles. The van der Waals surface area contributed by atoms with E-state index >= 15 is 0 Å². The summed E-state index contributed by atoms with van der Waals surface area (Å²) in [5, 5.41) is 3.52. The molecule has 0 amide bonds. The largest absolute Gasteiger partial charge is 0.494 e. The van der Waals surface area contributed by atoms with Crippen molar-refractivity contribution in [3.05, 3.63) is 48.3 Å². The van der Waals surface area contributed by atoms with Gasteiger partial charge in [-0.2, -0.15) is 0 Å². The van der Waals surface area contributed by atoms with Crippen LogP contribution in [0.4, 0.5) is 0 Å². The maximum Gasteiger partial charge on any atom is 0.119 e. The van der Waals surface area contributed by atoms with E-state index in [0.29, 0.717) is 6.61 Å². The van der Waals surface area contributed by atoms with Crippen LogP contribution in [0, 0.1) is 0 Å². The highest BCUT2D eigenvalue weighted by Gasteiger charge is 2.19. The van der Waals surface area contributed by atoms with Gasteiger partial charge in [0.1, 0.15) is 5.75 Å². The molecule has 0 radical (unpaired) electrons. The molecule has 3 nitrogen and oxygen atoms in total. The molecule has 2 aromatic rings. The highest BCUT2D eigenvalue weighted by atomic mass is 16.5. The first-order chi connectivity index (χ1) is 9.85. The van der Waals surface area contributed by atoms with E-state index in [-0.39, 0.29) is 0 Å². The van der Waals surface area contributed by atoms with Crippen LogP contribution in [0.25, 0.3) is 11.1 Å². The fourth-order valence-electron chi connectivity index (χ4n) is 2.22. The average molecular weight is 268 g/mol. The highest BCUT2D eigenvalue weighted by molar-refractivity contribution is 5.64. The van der Waals surface area contributed by atoms with Crippen molar-refractivity contribution < 1.29 is 4.74 Å². The van der Waals surface area contributed by atoms with Crippen molar-refractivity contribution in [3.8, 4) is 16.9 Å². The molecular formula is C17H20N2O. The molecule has 1 aromatic heterocycles. The van der Waals surface area contributed by atoms with Crippen molar-refractivity contribution in [2.24, 2.45) is 0 Å². The van der Waals surface area contributed by atoms with Crippen molar-refractivity contribution in [1.82, 2.24) is 10.3 Å².